The molecule has 0 amide bonds. The molecule has 0 radical (unpaired) electrons. The fourth-order valence-electron chi connectivity index (χ4n) is 0.0833. The van der Waals surface area contributed by atoms with Crippen LogP contribution < -0.4 is 0 Å². The highest BCUT2D eigenvalue weighted by Gasteiger charge is 1.83. The summed E-state index contributed by atoms with van der Waals surface area (Å²) in [7, 11) is 0.558. The van der Waals surface area contributed by atoms with Crippen molar-refractivity contribution >= 4 is 8.25 Å². The molecular formula is C2H8O3P+. The maximum absolute atomic E-state index is 9.92. The Morgan fingerprint density at radius 2 is 1.83 bits per heavy atom. The Labute approximate surface area is 38.7 Å². The van der Waals surface area contributed by atoms with Crippen LogP contribution in [-0.2, 0) is 13.6 Å². The number of hydrogen-bond acceptors (Lipinski definition) is 3. The van der Waals surface area contributed by atoms with Crippen LogP contribution in [0, 0.1) is 0 Å². The van der Waals surface area contributed by atoms with Crippen LogP contribution in [0.1, 0.15) is 1.43 Å². The van der Waals surface area contributed by atoms with Gasteiger partial charge in [-0.2, -0.15) is 0 Å². The fourth-order valence-corrected chi connectivity index (χ4v) is 0.250. The van der Waals surface area contributed by atoms with Crippen molar-refractivity contribution < 1.29 is 15.0 Å². The van der Waals surface area contributed by atoms with E-state index >= 15 is 0 Å². The van der Waals surface area contributed by atoms with E-state index in [-0.39, 0.29) is 1.43 Å². The van der Waals surface area contributed by atoms with Crippen LogP contribution in [-0.4, -0.2) is 14.2 Å². The van der Waals surface area contributed by atoms with Crippen LogP contribution in [0.2, 0.25) is 0 Å². The molecule has 0 aromatic heterocycles. The summed E-state index contributed by atoms with van der Waals surface area (Å²) >= 11 is 0. The highest BCUT2D eigenvalue weighted by molar-refractivity contribution is 7.33. The average molecular weight is 111 g/mol. The van der Waals surface area contributed by atoms with Gasteiger partial charge in [0.2, 0.25) is 0 Å². The number of hydrogen-bond donors (Lipinski definition) is 0. The molecule has 3 nitrogen and oxygen atoms in total. The lowest BCUT2D eigenvalue weighted by Crippen LogP contribution is -1.66. The van der Waals surface area contributed by atoms with Gasteiger partial charge in [-0.25, -0.2) is 0 Å². The first kappa shape index (κ1) is 6.15. The van der Waals surface area contributed by atoms with Crippen LogP contribution in [0.4, 0.5) is 0 Å². The molecule has 0 unspecified atom stereocenters. The molecule has 0 aromatic rings. The van der Waals surface area contributed by atoms with Crippen molar-refractivity contribution in [1.82, 2.24) is 0 Å². The van der Waals surface area contributed by atoms with E-state index < -0.39 is 8.25 Å². The fraction of sp³-hybridized carbons (Fsp3) is 1.00. The summed E-state index contributed by atoms with van der Waals surface area (Å²) < 4.78 is 18.4. The monoisotopic (exact) mass is 111 g/mol. The summed E-state index contributed by atoms with van der Waals surface area (Å²) in [5.74, 6) is 0. The van der Waals surface area contributed by atoms with Gasteiger partial charge in [0.1, 0.15) is 0 Å². The first-order valence-corrected chi connectivity index (χ1v) is 2.65. The standard InChI is InChI=1S/C2H7O3P/c1-4-6(3)5-2/h6H,1-2H3/p+1. The van der Waals surface area contributed by atoms with Gasteiger partial charge in [0.25, 0.3) is 0 Å². The predicted octanol–water partition coefficient (Wildman–Crippen LogP) is 0.781. The van der Waals surface area contributed by atoms with E-state index in [1.807, 2.05) is 0 Å². The molecule has 0 atom stereocenters. The lowest BCUT2D eigenvalue weighted by molar-refractivity contribution is 0.302. The van der Waals surface area contributed by atoms with Gasteiger partial charge in [0, 0.05) is 14.2 Å². The molecule has 0 rings (SSSR count). The maximum atomic E-state index is 9.92. The van der Waals surface area contributed by atoms with Crippen LogP contribution in [0.5, 0.6) is 0 Å². The first-order chi connectivity index (χ1) is 2.81. The lowest BCUT2D eigenvalue weighted by Gasteiger charge is -1.89. The molecule has 4 heteroatoms. The summed E-state index contributed by atoms with van der Waals surface area (Å²) in [5.41, 5.74) is 0. The van der Waals surface area contributed by atoms with Crippen molar-refractivity contribution in [2.75, 3.05) is 14.2 Å². The summed E-state index contributed by atoms with van der Waals surface area (Å²) in [6.07, 6.45) is 0. The van der Waals surface area contributed by atoms with Gasteiger partial charge in [-0.3, -0.25) is 4.57 Å². The summed E-state index contributed by atoms with van der Waals surface area (Å²) in [4.78, 5) is 0. The van der Waals surface area contributed by atoms with Crippen molar-refractivity contribution in [3.63, 3.8) is 0 Å². The zero-order chi connectivity index (χ0) is 4.99. The third-order valence-electron chi connectivity index (χ3n) is 0.333. The first-order valence-electron chi connectivity index (χ1n) is 1.43. The minimum absolute atomic E-state index is 0. The van der Waals surface area contributed by atoms with Gasteiger partial charge in [-0.05, 0) is 0 Å². The molecule has 0 saturated heterocycles. The van der Waals surface area contributed by atoms with Gasteiger partial charge in [0.15, 0.2) is 0 Å². The van der Waals surface area contributed by atoms with E-state index in [0.29, 0.717) is 0 Å². The van der Waals surface area contributed by atoms with Crippen molar-refractivity contribution in [3.8, 4) is 0 Å². The SMILES string of the molecule is CO[PH](=O)OC.[H+]. The van der Waals surface area contributed by atoms with E-state index in [1.54, 1.807) is 0 Å². The molecular weight excluding hydrogens is 103 g/mol. The molecule has 0 aliphatic heterocycles. The molecule has 0 aromatic carbocycles. The predicted molar refractivity (Wildman–Crippen MR) is 24.1 cm³/mol. The second-order valence-electron chi connectivity index (χ2n) is 0.658. The summed E-state index contributed by atoms with van der Waals surface area (Å²) in [6, 6.07) is 0. The second-order valence-corrected chi connectivity index (χ2v) is 1.97. The highest BCUT2D eigenvalue weighted by Crippen LogP contribution is 2.18. The van der Waals surface area contributed by atoms with Crippen molar-refractivity contribution in [2.45, 2.75) is 0 Å². The number of rotatable bonds is 2. The van der Waals surface area contributed by atoms with E-state index in [2.05, 4.69) is 9.05 Å². The van der Waals surface area contributed by atoms with E-state index in [9.17, 15) is 4.57 Å². The molecule has 6 heavy (non-hydrogen) atoms. The Bertz CT molecular complexity index is 50.9. The molecule has 0 heterocycles. The van der Waals surface area contributed by atoms with Crippen LogP contribution >= 0.6 is 8.25 Å². The molecule has 38 valence electrons. The van der Waals surface area contributed by atoms with Crippen molar-refractivity contribution in [1.29, 1.82) is 0 Å². The largest absolute Gasteiger partial charge is 1.00 e. The third kappa shape index (κ3) is 2.39. The molecule has 0 N–H and O–H groups in total. The van der Waals surface area contributed by atoms with Crippen molar-refractivity contribution in [3.05, 3.63) is 0 Å². The van der Waals surface area contributed by atoms with Gasteiger partial charge in [-0.1, -0.05) is 0 Å². The van der Waals surface area contributed by atoms with E-state index in [1.165, 1.54) is 14.2 Å². The van der Waals surface area contributed by atoms with Gasteiger partial charge < -0.3 is 9.05 Å². The molecule has 0 spiro atoms. The van der Waals surface area contributed by atoms with Crippen LogP contribution in [0.15, 0.2) is 0 Å². The Balaban J connectivity index is 0. The van der Waals surface area contributed by atoms with Crippen molar-refractivity contribution in [2.24, 2.45) is 0 Å². The quantitative estimate of drug-likeness (QED) is 0.494. The average Bonchev–Trinajstić information content (AvgIpc) is 1.65. The Kier molecular flexibility index (Phi) is 3.43. The molecule has 0 fully saturated rings. The maximum Gasteiger partial charge on any atom is 1.00 e. The Morgan fingerprint density at radius 3 is 1.83 bits per heavy atom. The van der Waals surface area contributed by atoms with Gasteiger partial charge in [0.05, 0.1) is 0 Å². The summed E-state index contributed by atoms with van der Waals surface area (Å²) in [5, 5.41) is 0. The minimum atomic E-state index is -2.12. The van der Waals surface area contributed by atoms with Crippen LogP contribution in [0.3, 0.4) is 0 Å². The molecule has 0 aliphatic rings. The zero-order valence-electron chi connectivity index (χ0n) is 4.72. The van der Waals surface area contributed by atoms with Crippen LogP contribution in [0.25, 0.3) is 0 Å². The minimum Gasteiger partial charge on any atom is -0.314 e. The molecule has 0 bridgehead atoms. The Morgan fingerprint density at radius 1 is 1.50 bits per heavy atom. The molecule has 0 aliphatic carbocycles. The zero-order valence-corrected chi connectivity index (χ0v) is 4.72. The van der Waals surface area contributed by atoms with E-state index in [4.69, 9.17) is 0 Å². The van der Waals surface area contributed by atoms with Gasteiger partial charge in [-0.15, -0.1) is 0 Å². The smallest absolute Gasteiger partial charge is 0.314 e. The van der Waals surface area contributed by atoms with Gasteiger partial charge >= 0.3 is 9.68 Å². The normalized spacial score (nSPS) is 9.83. The third-order valence-corrected chi connectivity index (χ3v) is 1.00. The molecule has 0 saturated carbocycles. The topological polar surface area (TPSA) is 35.5 Å². The lowest BCUT2D eigenvalue weighted by atomic mass is 11.8. The Hall–Kier alpha value is 0.150. The second kappa shape index (κ2) is 3.34. The summed E-state index contributed by atoms with van der Waals surface area (Å²) in [6.45, 7) is 0. The van der Waals surface area contributed by atoms with E-state index in [0.717, 1.165) is 0 Å². The highest BCUT2D eigenvalue weighted by atomic mass is 31.1.